The molecule has 1 aliphatic rings. The first-order valence-electron chi connectivity index (χ1n) is 12.1. The number of aromatic nitrogens is 1. The van der Waals surface area contributed by atoms with E-state index in [1.807, 2.05) is 60.7 Å². The third-order valence-electron chi connectivity index (χ3n) is 7.27. The lowest BCUT2D eigenvalue weighted by molar-refractivity contribution is -0.246. The molecule has 0 aliphatic carbocycles. The van der Waals surface area contributed by atoms with E-state index >= 15 is 0 Å². The first-order valence-corrected chi connectivity index (χ1v) is 15.0. The Labute approximate surface area is 209 Å². The zero-order valence-electron chi connectivity index (χ0n) is 21.5. The number of fused-ring (bicyclic) bond motifs is 1. The highest BCUT2D eigenvalue weighted by molar-refractivity contribution is 6.74. The molecule has 2 aromatic carbocycles. The van der Waals surface area contributed by atoms with Crippen LogP contribution < -0.4 is 0 Å². The molecule has 3 unspecified atom stereocenters. The van der Waals surface area contributed by atoms with Gasteiger partial charge in [0.25, 0.3) is 0 Å². The van der Waals surface area contributed by atoms with Gasteiger partial charge in [-0.1, -0.05) is 69.3 Å². The Balaban J connectivity index is 1.65. The first-order chi connectivity index (χ1) is 16.5. The molecule has 4 atom stereocenters. The molecule has 3 aromatic rings. The number of ether oxygens (including phenoxy) is 3. The molecule has 0 radical (unpaired) electrons. The van der Waals surface area contributed by atoms with Crippen LogP contribution in [0.15, 0.2) is 66.9 Å². The van der Waals surface area contributed by atoms with Gasteiger partial charge in [0.2, 0.25) is 5.79 Å². The molecule has 0 saturated carbocycles. The van der Waals surface area contributed by atoms with Gasteiger partial charge in [0.1, 0.15) is 18.3 Å². The average molecular weight is 496 g/mol. The Morgan fingerprint density at radius 1 is 1.06 bits per heavy atom. The van der Waals surface area contributed by atoms with Crippen LogP contribution in [0.25, 0.3) is 10.9 Å². The minimum Gasteiger partial charge on any atom is -0.408 e. The molecule has 188 valence electrons. The normalized spacial score (nSPS) is 25.3. The van der Waals surface area contributed by atoms with E-state index in [1.54, 1.807) is 13.3 Å². The highest BCUT2D eigenvalue weighted by Crippen LogP contribution is 2.45. The maximum Gasteiger partial charge on any atom is 0.224 e. The van der Waals surface area contributed by atoms with Gasteiger partial charge in [-0.2, -0.15) is 0 Å². The van der Waals surface area contributed by atoms with Crippen LogP contribution in [-0.2, 0) is 31.0 Å². The lowest BCUT2D eigenvalue weighted by atomic mass is 9.98. The largest absolute Gasteiger partial charge is 0.408 e. The highest BCUT2D eigenvalue weighted by atomic mass is 28.4. The number of hydrogen-bond donors (Lipinski definition) is 1. The third-order valence-corrected chi connectivity index (χ3v) is 11.7. The van der Waals surface area contributed by atoms with Crippen molar-refractivity contribution in [2.24, 2.45) is 0 Å². The summed E-state index contributed by atoms with van der Waals surface area (Å²) >= 11 is 0. The predicted molar refractivity (Wildman–Crippen MR) is 139 cm³/mol. The monoisotopic (exact) mass is 495 g/mol. The Kier molecular flexibility index (Phi) is 7.48. The van der Waals surface area contributed by atoms with Gasteiger partial charge in [0, 0.05) is 24.3 Å². The minimum atomic E-state index is -2.22. The number of rotatable bonds is 8. The Bertz CT molecular complexity index is 1130. The molecule has 1 fully saturated rings. The van der Waals surface area contributed by atoms with E-state index in [1.165, 1.54) is 0 Å². The van der Waals surface area contributed by atoms with Crippen LogP contribution in [0.1, 0.15) is 31.9 Å². The van der Waals surface area contributed by atoms with Crippen molar-refractivity contribution in [3.05, 3.63) is 78.0 Å². The van der Waals surface area contributed by atoms with E-state index in [0.717, 1.165) is 16.5 Å². The van der Waals surface area contributed by atoms with Crippen molar-refractivity contribution in [1.29, 1.82) is 0 Å². The Morgan fingerprint density at radius 2 is 1.74 bits per heavy atom. The lowest BCUT2D eigenvalue weighted by Gasteiger charge is -2.40. The molecule has 1 aliphatic heterocycles. The van der Waals surface area contributed by atoms with Gasteiger partial charge in [-0.25, -0.2) is 0 Å². The van der Waals surface area contributed by atoms with E-state index in [0.29, 0.717) is 12.2 Å². The summed E-state index contributed by atoms with van der Waals surface area (Å²) in [7, 11) is -0.636. The molecule has 6 nitrogen and oxygen atoms in total. The van der Waals surface area contributed by atoms with Gasteiger partial charge >= 0.3 is 0 Å². The maximum absolute atomic E-state index is 11.9. The summed E-state index contributed by atoms with van der Waals surface area (Å²) in [6.07, 6.45) is -0.113. The summed E-state index contributed by atoms with van der Waals surface area (Å²) in [5.74, 6) is -1.72. The van der Waals surface area contributed by atoms with Gasteiger partial charge in [-0.15, -0.1) is 0 Å². The van der Waals surface area contributed by atoms with E-state index < -0.39 is 32.4 Å². The van der Waals surface area contributed by atoms with Gasteiger partial charge in [0.15, 0.2) is 8.32 Å². The molecule has 4 rings (SSSR count). The molecule has 0 spiro atoms. The van der Waals surface area contributed by atoms with Crippen LogP contribution in [0.5, 0.6) is 0 Å². The number of para-hydroxylation sites is 1. The molecule has 1 saturated heterocycles. The second kappa shape index (κ2) is 10.1. The quantitative estimate of drug-likeness (QED) is 0.422. The molecule has 1 N–H and O–H groups in total. The van der Waals surface area contributed by atoms with Crippen LogP contribution >= 0.6 is 0 Å². The summed E-state index contributed by atoms with van der Waals surface area (Å²) in [5.41, 5.74) is 2.46. The van der Waals surface area contributed by atoms with Crippen molar-refractivity contribution >= 4 is 19.2 Å². The van der Waals surface area contributed by atoms with Crippen LogP contribution in [0, 0.1) is 0 Å². The number of pyridine rings is 1. The molecule has 35 heavy (non-hydrogen) atoms. The maximum atomic E-state index is 11.9. The van der Waals surface area contributed by atoms with Gasteiger partial charge in [-0.3, -0.25) is 4.98 Å². The van der Waals surface area contributed by atoms with Crippen LogP contribution in [0.4, 0.5) is 0 Å². The molecule has 7 heteroatoms. The first kappa shape index (κ1) is 25.9. The van der Waals surface area contributed by atoms with Crippen LogP contribution in [0.2, 0.25) is 18.1 Å². The fraction of sp³-hybridized carbons (Fsp3) is 0.464. The topological polar surface area (TPSA) is 70.0 Å². The average Bonchev–Trinajstić information content (AvgIpc) is 3.09. The molecule has 0 amide bonds. The number of aliphatic hydroxyl groups is 1. The fourth-order valence-electron chi connectivity index (χ4n) is 4.23. The van der Waals surface area contributed by atoms with Gasteiger partial charge in [-0.05, 0) is 35.8 Å². The molecule has 0 bridgehead atoms. The highest BCUT2D eigenvalue weighted by Gasteiger charge is 2.58. The summed E-state index contributed by atoms with van der Waals surface area (Å²) in [5, 5.41) is 12.8. The Morgan fingerprint density at radius 3 is 2.43 bits per heavy atom. The third kappa shape index (κ3) is 5.35. The molecule has 2 heterocycles. The number of nitrogens with zero attached hydrogens (tertiary/aromatic N) is 1. The van der Waals surface area contributed by atoms with Crippen molar-refractivity contribution in [3.8, 4) is 0 Å². The lowest BCUT2D eigenvalue weighted by Crippen LogP contribution is -2.51. The zero-order valence-corrected chi connectivity index (χ0v) is 22.5. The number of benzene rings is 2. The van der Waals surface area contributed by atoms with Gasteiger partial charge < -0.3 is 23.7 Å². The smallest absolute Gasteiger partial charge is 0.224 e. The van der Waals surface area contributed by atoms with Crippen molar-refractivity contribution in [2.45, 2.75) is 69.6 Å². The molecular weight excluding hydrogens is 458 g/mol. The molecular formula is C28H37NO5Si. The second-order valence-corrected chi connectivity index (χ2v) is 15.5. The van der Waals surface area contributed by atoms with E-state index in [2.05, 4.69) is 38.8 Å². The second-order valence-electron chi connectivity index (χ2n) is 10.8. The fourth-order valence-corrected chi connectivity index (χ4v) is 5.54. The van der Waals surface area contributed by atoms with Crippen LogP contribution in [0.3, 0.4) is 0 Å². The standard InChI is InChI=1S/C28H37NO5Si/c1-27(2,3)35(5,6)34-25-24(19-32-18-20-12-8-7-9-13-20)33-28(30,26(25)31-4)22-16-21-14-10-11-15-23(21)29-17-22/h7-17,24-26,30H,18-19H2,1-6H3/t24?,25?,26?,28-/m0/s1. The Hall–Kier alpha value is -2.13. The van der Waals surface area contributed by atoms with E-state index in [4.69, 9.17) is 18.6 Å². The predicted octanol–water partition coefficient (Wildman–Crippen LogP) is 5.40. The molecule has 1 aromatic heterocycles. The van der Waals surface area contributed by atoms with Crippen molar-refractivity contribution in [1.82, 2.24) is 4.98 Å². The SMILES string of the molecule is COC1C(O[Si](C)(C)C(C)(C)C)C(COCc2ccccc2)O[C@@]1(O)c1cnc2ccccc2c1. The summed E-state index contributed by atoms with van der Waals surface area (Å²) in [6, 6.07) is 19.7. The van der Waals surface area contributed by atoms with E-state index in [9.17, 15) is 5.11 Å². The minimum absolute atomic E-state index is 0.0219. The van der Waals surface area contributed by atoms with Crippen LogP contribution in [-0.4, -0.2) is 50.4 Å². The van der Waals surface area contributed by atoms with Crippen molar-refractivity contribution in [3.63, 3.8) is 0 Å². The zero-order chi connectivity index (χ0) is 25.3. The van der Waals surface area contributed by atoms with Crippen molar-refractivity contribution < 1.29 is 23.7 Å². The summed E-state index contributed by atoms with van der Waals surface area (Å²) in [6.45, 7) is 11.7. The van der Waals surface area contributed by atoms with Gasteiger partial charge in [0.05, 0.1) is 18.7 Å². The summed E-state index contributed by atoms with van der Waals surface area (Å²) < 4.78 is 25.1. The van der Waals surface area contributed by atoms with E-state index in [-0.39, 0.29) is 11.6 Å². The number of hydrogen-bond acceptors (Lipinski definition) is 6. The summed E-state index contributed by atoms with van der Waals surface area (Å²) in [4.78, 5) is 4.55. The van der Waals surface area contributed by atoms with Crippen molar-refractivity contribution in [2.75, 3.05) is 13.7 Å². The number of methoxy groups -OCH3 is 1.